The Morgan fingerprint density at radius 2 is 1.57 bits per heavy atom. The molecule has 0 fully saturated rings. The molecule has 0 spiro atoms. The second-order valence-corrected chi connectivity index (χ2v) is 7.67. The van der Waals surface area contributed by atoms with Crippen LogP contribution in [0.4, 0.5) is 0 Å². The van der Waals surface area contributed by atoms with Crippen molar-refractivity contribution in [1.82, 2.24) is 10.2 Å². The van der Waals surface area contributed by atoms with Crippen molar-refractivity contribution in [2.24, 2.45) is 0 Å². The molecule has 0 saturated heterocycles. The molecule has 1 aliphatic heterocycles. The minimum Gasteiger partial charge on any atom is -0.348 e. The highest BCUT2D eigenvalue weighted by atomic mass is 35.5. The summed E-state index contributed by atoms with van der Waals surface area (Å²) in [5.41, 5.74) is 5.83. The van der Waals surface area contributed by atoms with Crippen LogP contribution < -0.4 is 5.32 Å². The number of nitrogens with one attached hydrogen (secondary N) is 1. The van der Waals surface area contributed by atoms with Gasteiger partial charge in [-0.2, -0.15) is 0 Å². The van der Waals surface area contributed by atoms with Gasteiger partial charge in [0.1, 0.15) is 0 Å². The predicted molar refractivity (Wildman–Crippen MR) is 113 cm³/mol. The van der Waals surface area contributed by atoms with E-state index in [4.69, 9.17) is 11.6 Å². The van der Waals surface area contributed by atoms with E-state index in [0.29, 0.717) is 17.1 Å². The largest absolute Gasteiger partial charge is 0.348 e. The lowest BCUT2D eigenvalue weighted by Crippen LogP contribution is -2.30. The van der Waals surface area contributed by atoms with Gasteiger partial charge in [0.05, 0.1) is 0 Å². The molecule has 4 rings (SSSR count). The molecule has 0 unspecified atom stereocenters. The maximum Gasteiger partial charge on any atom is 0.251 e. The third-order valence-corrected chi connectivity index (χ3v) is 5.45. The molecule has 4 heteroatoms. The van der Waals surface area contributed by atoms with Crippen LogP contribution in [0.15, 0.2) is 72.8 Å². The SMILES string of the molecule is O=C(NCc1ccc(Cl)cc1)c1ccc(CN2CCc3ccccc3C2)cc1. The Morgan fingerprint density at radius 1 is 0.893 bits per heavy atom. The number of fused-ring (bicyclic) bond motifs is 1. The average Bonchev–Trinajstić information content (AvgIpc) is 2.73. The van der Waals surface area contributed by atoms with Crippen LogP contribution in [-0.2, 0) is 26.1 Å². The Labute approximate surface area is 171 Å². The highest BCUT2D eigenvalue weighted by Gasteiger charge is 2.16. The molecule has 3 nitrogen and oxygen atoms in total. The number of carbonyl (C=O) groups is 1. The minimum atomic E-state index is -0.0617. The molecular formula is C24H23ClN2O. The molecule has 1 heterocycles. The van der Waals surface area contributed by atoms with Crippen LogP contribution in [0.3, 0.4) is 0 Å². The number of nitrogens with zero attached hydrogens (tertiary/aromatic N) is 1. The van der Waals surface area contributed by atoms with Gasteiger partial charge in [-0.1, -0.05) is 60.1 Å². The Hall–Kier alpha value is -2.62. The second-order valence-electron chi connectivity index (χ2n) is 7.24. The molecule has 1 amide bonds. The van der Waals surface area contributed by atoms with Gasteiger partial charge >= 0.3 is 0 Å². The number of amides is 1. The first-order chi connectivity index (χ1) is 13.7. The highest BCUT2D eigenvalue weighted by Crippen LogP contribution is 2.20. The van der Waals surface area contributed by atoms with Gasteiger partial charge in [-0.05, 0) is 52.9 Å². The average molecular weight is 391 g/mol. The van der Waals surface area contributed by atoms with Crippen molar-refractivity contribution in [3.8, 4) is 0 Å². The molecule has 0 aromatic heterocycles. The van der Waals surface area contributed by atoms with E-state index in [0.717, 1.165) is 31.6 Å². The summed E-state index contributed by atoms with van der Waals surface area (Å²) in [6, 6.07) is 24.1. The van der Waals surface area contributed by atoms with Crippen molar-refractivity contribution >= 4 is 17.5 Å². The minimum absolute atomic E-state index is 0.0617. The molecule has 0 radical (unpaired) electrons. The molecule has 142 valence electrons. The molecule has 1 aliphatic rings. The lowest BCUT2D eigenvalue weighted by Gasteiger charge is -2.28. The van der Waals surface area contributed by atoms with Crippen molar-refractivity contribution in [2.45, 2.75) is 26.1 Å². The highest BCUT2D eigenvalue weighted by molar-refractivity contribution is 6.30. The molecular weight excluding hydrogens is 368 g/mol. The predicted octanol–water partition coefficient (Wildman–Crippen LogP) is 4.83. The fraction of sp³-hybridized carbons (Fsp3) is 0.208. The normalized spacial score (nSPS) is 13.8. The van der Waals surface area contributed by atoms with E-state index in [1.165, 1.54) is 16.7 Å². The summed E-state index contributed by atoms with van der Waals surface area (Å²) in [5.74, 6) is -0.0617. The first-order valence-electron chi connectivity index (χ1n) is 9.58. The van der Waals surface area contributed by atoms with E-state index in [1.807, 2.05) is 36.4 Å². The summed E-state index contributed by atoms with van der Waals surface area (Å²) in [4.78, 5) is 14.8. The van der Waals surface area contributed by atoms with Crippen LogP contribution in [0, 0.1) is 0 Å². The summed E-state index contributed by atoms with van der Waals surface area (Å²) in [6.07, 6.45) is 1.10. The number of carbonyl (C=O) groups excluding carboxylic acids is 1. The number of hydrogen-bond donors (Lipinski definition) is 1. The lowest BCUT2D eigenvalue weighted by molar-refractivity contribution is 0.0951. The van der Waals surface area contributed by atoms with Gasteiger partial charge in [0.25, 0.3) is 5.91 Å². The Bertz CT molecular complexity index is 951. The second kappa shape index (κ2) is 8.59. The van der Waals surface area contributed by atoms with Gasteiger partial charge in [0.15, 0.2) is 0 Å². The summed E-state index contributed by atoms with van der Waals surface area (Å²) in [6.45, 7) is 3.45. The van der Waals surface area contributed by atoms with Crippen LogP contribution in [0.25, 0.3) is 0 Å². The van der Waals surface area contributed by atoms with Gasteiger partial charge < -0.3 is 5.32 Å². The van der Waals surface area contributed by atoms with Gasteiger partial charge in [0, 0.05) is 36.8 Å². The van der Waals surface area contributed by atoms with E-state index >= 15 is 0 Å². The zero-order chi connectivity index (χ0) is 19.3. The number of halogens is 1. The monoisotopic (exact) mass is 390 g/mol. The van der Waals surface area contributed by atoms with Gasteiger partial charge in [-0.15, -0.1) is 0 Å². The van der Waals surface area contributed by atoms with Gasteiger partial charge in [-0.3, -0.25) is 9.69 Å². The third-order valence-electron chi connectivity index (χ3n) is 5.20. The van der Waals surface area contributed by atoms with Crippen LogP contribution in [-0.4, -0.2) is 17.4 Å². The fourth-order valence-electron chi connectivity index (χ4n) is 3.60. The smallest absolute Gasteiger partial charge is 0.251 e. The Balaban J connectivity index is 1.32. The summed E-state index contributed by atoms with van der Waals surface area (Å²) in [7, 11) is 0. The Morgan fingerprint density at radius 3 is 2.32 bits per heavy atom. The molecule has 3 aromatic carbocycles. The topological polar surface area (TPSA) is 32.3 Å². The Kier molecular flexibility index (Phi) is 5.75. The number of hydrogen-bond acceptors (Lipinski definition) is 2. The molecule has 0 aliphatic carbocycles. The molecule has 0 atom stereocenters. The first-order valence-corrected chi connectivity index (χ1v) is 9.96. The zero-order valence-electron chi connectivity index (χ0n) is 15.7. The van der Waals surface area contributed by atoms with Crippen molar-refractivity contribution < 1.29 is 4.79 Å². The van der Waals surface area contributed by atoms with E-state index in [2.05, 4.69) is 46.6 Å². The maximum absolute atomic E-state index is 12.4. The summed E-state index contributed by atoms with van der Waals surface area (Å²) >= 11 is 5.89. The fourth-order valence-corrected chi connectivity index (χ4v) is 3.72. The lowest BCUT2D eigenvalue weighted by atomic mass is 9.99. The van der Waals surface area contributed by atoms with Crippen LogP contribution in [0.1, 0.15) is 32.6 Å². The van der Waals surface area contributed by atoms with Crippen molar-refractivity contribution in [3.63, 3.8) is 0 Å². The van der Waals surface area contributed by atoms with E-state index in [-0.39, 0.29) is 5.91 Å². The molecule has 0 saturated carbocycles. The standard InChI is InChI=1S/C24H23ClN2O/c25-23-11-7-18(8-12-23)15-26-24(28)21-9-5-19(6-10-21)16-27-14-13-20-3-1-2-4-22(20)17-27/h1-12H,13-17H2,(H,26,28). The third kappa shape index (κ3) is 4.61. The van der Waals surface area contributed by atoms with Crippen LogP contribution in [0.5, 0.6) is 0 Å². The number of rotatable bonds is 5. The zero-order valence-corrected chi connectivity index (χ0v) is 16.5. The van der Waals surface area contributed by atoms with Gasteiger partial charge in [-0.25, -0.2) is 0 Å². The summed E-state index contributed by atoms with van der Waals surface area (Å²) < 4.78 is 0. The maximum atomic E-state index is 12.4. The van der Waals surface area contributed by atoms with E-state index < -0.39 is 0 Å². The van der Waals surface area contributed by atoms with E-state index in [1.54, 1.807) is 0 Å². The quantitative estimate of drug-likeness (QED) is 0.676. The molecule has 0 bridgehead atoms. The van der Waals surface area contributed by atoms with Crippen LogP contribution in [0.2, 0.25) is 5.02 Å². The van der Waals surface area contributed by atoms with E-state index in [9.17, 15) is 4.79 Å². The van der Waals surface area contributed by atoms with Crippen LogP contribution >= 0.6 is 11.6 Å². The van der Waals surface area contributed by atoms with Crippen molar-refractivity contribution in [1.29, 1.82) is 0 Å². The van der Waals surface area contributed by atoms with Crippen molar-refractivity contribution in [2.75, 3.05) is 6.54 Å². The molecule has 28 heavy (non-hydrogen) atoms. The van der Waals surface area contributed by atoms with Crippen molar-refractivity contribution in [3.05, 3.63) is 106 Å². The summed E-state index contributed by atoms with van der Waals surface area (Å²) in [5, 5.41) is 3.65. The molecule has 3 aromatic rings. The first kappa shape index (κ1) is 18.7. The number of benzene rings is 3. The van der Waals surface area contributed by atoms with Gasteiger partial charge in [0.2, 0.25) is 0 Å². The molecule has 1 N–H and O–H groups in total.